The molecule has 0 saturated heterocycles. The van der Waals surface area contributed by atoms with Gasteiger partial charge in [-0.3, -0.25) is 4.79 Å². The van der Waals surface area contributed by atoms with E-state index in [0.717, 1.165) is 42.1 Å². The predicted octanol–water partition coefficient (Wildman–Crippen LogP) is 3.02. The van der Waals surface area contributed by atoms with Gasteiger partial charge in [-0.15, -0.1) is 11.3 Å². The molecule has 19 heavy (non-hydrogen) atoms. The maximum absolute atomic E-state index is 11.8. The minimum Gasteiger partial charge on any atom is -0.333 e. The molecule has 2 saturated carbocycles. The van der Waals surface area contributed by atoms with Crippen molar-refractivity contribution < 1.29 is 9.32 Å². The third-order valence-corrected chi connectivity index (χ3v) is 4.35. The molecular weight excluding hydrogens is 262 g/mol. The van der Waals surface area contributed by atoms with Crippen molar-refractivity contribution in [1.29, 1.82) is 0 Å². The van der Waals surface area contributed by atoms with E-state index < -0.39 is 0 Å². The molecule has 0 spiro atoms. The monoisotopic (exact) mass is 275 g/mol. The third kappa shape index (κ3) is 2.16. The van der Waals surface area contributed by atoms with Crippen molar-refractivity contribution in [3.8, 4) is 10.8 Å². The van der Waals surface area contributed by atoms with E-state index in [0.29, 0.717) is 11.8 Å². The largest absolute Gasteiger partial charge is 0.333 e. The second-order valence-corrected chi connectivity index (χ2v) is 6.08. The summed E-state index contributed by atoms with van der Waals surface area (Å²) in [4.78, 5) is 17.1. The number of nitrogens with one attached hydrogen (secondary N) is 1. The highest BCUT2D eigenvalue weighted by Crippen LogP contribution is 2.40. The Kier molecular flexibility index (Phi) is 2.44. The molecule has 2 aromatic heterocycles. The fourth-order valence-electron chi connectivity index (χ4n) is 1.99. The molecule has 2 heterocycles. The summed E-state index contributed by atoms with van der Waals surface area (Å²) in [7, 11) is 0. The van der Waals surface area contributed by atoms with Crippen molar-refractivity contribution in [3.05, 3.63) is 17.3 Å². The average Bonchev–Trinajstić information content (AvgIpc) is 3.33. The van der Waals surface area contributed by atoms with Crippen LogP contribution in [0.2, 0.25) is 0 Å². The quantitative estimate of drug-likeness (QED) is 0.931. The molecule has 5 nitrogen and oxygen atoms in total. The van der Waals surface area contributed by atoms with Gasteiger partial charge in [-0.05, 0) is 37.1 Å². The van der Waals surface area contributed by atoms with Crippen LogP contribution in [0.25, 0.3) is 10.8 Å². The van der Waals surface area contributed by atoms with Gasteiger partial charge in [0.05, 0.1) is 5.69 Å². The standard InChI is InChI=1S/C13H13N3O2S/c17-12(8-3-4-8)14-9-5-6-19-10(9)13-15-11(16-18-13)7-1-2-7/h5-8H,1-4H2,(H,14,17). The summed E-state index contributed by atoms with van der Waals surface area (Å²) in [5.41, 5.74) is 0.785. The zero-order valence-electron chi connectivity index (χ0n) is 10.3. The van der Waals surface area contributed by atoms with Crippen LogP contribution in [0.15, 0.2) is 16.0 Å². The molecule has 98 valence electrons. The first-order valence-electron chi connectivity index (χ1n) is 6.53. The van der Waals surface area contributed by atoms with E-state index in [2.05, 4.69) is 15.5 Å². The number of thiophene rings is 1. The molecule has 0 atom stereocenters. The zero-order chi connectivity index (χ0) is 12.8. The normalized spacial score (nSPS) is 18.5. The molecule has 0 unspecified atom stereocenters. The lowest BCUT2D eigenvalue weighted by atomic mass is 10.3. The summed E-state index contributed by atoms with van der Waals surface area (Å²) in [6, 6.07) is 1.89. The highest BCUT2D eigenvalue weighted by atomic mass is 32.1. The summed E-state index contributed by atoms with van der Waals surface area (Å²) in [6.07, 6.45) is 4.29. The van der Waals surface area contributed by atoms with Crippen LogP contribution in [0, 0.1) is 5.92 Å². The molecule has 1 amide bonds. The van der Waals surface area contributed by atoms with Crippen LogP contribution in [-0.2, 0) is 4.79 Å². The van der Waals surface area contributed by atoms with Gasteiger partial charge in [0.15, 0.2) is 5.82 Å². The Balaban J connectivity index is 1.59. The smallest absolute Gasteiger partial charge is 0.270 e. The molecule has 0 radical (unpaired) electrons. The molecule has 0 bridgehead atoms. The lowest BCUT2D eigenvalue weighted by Gasteiger charge is -2.02. The molecule has 0 aliphatic heterocycles. The maximum Gasteiger partial charge on any atom is 0.270 e. The maximum atomic E-state index is 11.8. The van der Waals surface area contributed by atoms with Crippen LogP contribution in [0.3, 0.4) is 0 Å². The number of carbonyl (C=O) groups excluding carboxylic acids is 1. The number of hydrogen-bond acceptors (Lipinski definition) is 5. The SMILES string of the molecule is O=C(Nc1ccsc1-c1nc(C2CC2)no1)C1CC1. The van der Waals surface area contributed by atoms with Crippen LogP contribution in [0.1, 0.15) is 37.4 Å². The average molecular weight is 275 g/mol. The van der Waals surface area contributed by atoms with Gasteiger partial charge in [-0.25, -0.2) is 0 Å². The fraction of sp³-hybridized carbons (Fsp3) is 0.462. The topological polar surface area (TPSA) is 68.0 Å². The van der Waals surface area contributed by atoms with E-state index in [4.69, 9.17) is 4.52 Å². The zero-order valence-corrected chi connectivity index (χ0v) is 11.1. The Morgan fingerprint density at radius 3 is 2.95 bits per heavy atom. The van der Waals surface area contributed by atoms with Crippen molar-refractivity contribution in [3.63, 3.8) is 0 Å². The summed E-state index contributed by atoms with van der Waals surface area (Å²) in [5, 5.41) is 8.89. The predicted molar refractivity (Wildman–Crippen MR) is 70.9 cm³/mol. The van der Waals surface area contributed by atoms with Crippen LogP contribution in [-0.4, -0.2) is 16.0 Å². The van der Waals surface area contributed by atoms with Gasteiger partial charge in [0.1, 0.15) is 4.88 Å². The molecule has 2 fully saturated rings. The van der Waals surface area contributed by atoms with Crippen LogP contribution in [0.4, 0.5) is 5.69 Å². The van der Waals surface area contributed by atoms with E-state index in [-0.39, 0.29) is 11.8 Å². The molecule has 1 N–H and O–H groups in total. The van der Waals surface area contributed by atoms with Gasteiger partial charge >= 0.3 is 0 Å². The number of hydrogen-bond donors (Lipinski definition) is 1. The van der Waals surface area contributed by atoms with Gasteiger partial charge < -0.3 is 9.84 Å². The molecule has 2 aliphatic rings. The fourth-order valence-corrected chi connectivity index (χ4v) is 2.76. The minimum atomic E-state index is 0.0987. The Morgan fingerprint density at radius 2 is 2.21 bits per heavy atom. The Morgan fingerprint density at radius 1 is 1.37 bits per heavy atom. The van der Waals surface area contributed by atoms with Crippen molar-refractivity contribution in [2.45, 2.75) is 31.6 Å². The second kappa shape index (κ2) is 4.16. The molecule has 4 rings (SSSR count). The summed E-state index contributed by atoms with van der Waals surface area (Å²) in [6.45, 7) is 0. The van der Waals surface area contributed by atoms with Crippen molar-refractivity contribution in [1.82, 2.24) is 10.1 Å². The van der Waals surface area contributed by atoms with Crippen LogP contribution < -0.4 is 5.32 Å². The first-order valence-corrected chi connectivity index (χ1v) is 7.41. The van der Waals surface area contributed by atoms with E-state index >= 15 is 0 Å². The van der Waals surface area contributed by atoms with Crippen LogP contribution >= 0.6 is 11.3 Å². The molecule has 2 aliphatic carbocycles. The summed E-state index contributed by atoms with van der Waals surface area (Å²) >= 11 is 1.51. The van der Waals surface area contributed by atoms with Gasteiger partial charge in [-0.2, -0.15) is 4.98 Å². The third-order valence-electron chi connectivity index (χ3n) is 3.45. The van der Waals surface area contributed by atoms with Gasteiger partial charge in [0.25, 0.3) is 5.89 Å². The van der Waals surface area contributed by atoms with E-state index in [1.165, 1.54) is 11.3 Å². The second-order valence-electron chi connectivity index (χ2n) is 5.16. The Labute approximate surface area is 114 Å². The summed E-state index contributed by atoms with van der Waals surface area (Å²) in [5.74, 6) is 2.08. The van der Waals surface area contributed by atoms with Gasteiger partial charge in [0, 0.05) is 11.8 Å². The number of carbonyl (C=O) groups is 1. The lowest BCUT2D eigenvalue weighted by Crippen LogP contribution is -2.13. The molecule has 2 aromatic rings. The highest BCUT2D eigenvalue weighted by Gasteiger charge is 2.31. The van der Waals surface area contributed by atoms with Crippen molar-refractivity contribution in [2.75, 3.05) is 5.32 Å². The first-order chi connectivity index (χ1) is 9.31. The van der Waals surface area contributed by atoms with Gasteiger partial charge in [-0.1, -0.05) is 5.16 Å². The number of aromatic nitrogens is 2. The lowest BCUT2D eigenvalue weighted by molar-refractivity contribution is -0.117. The number of anilines is 1. The van der Waals surface area contributed by atoms with Crippen LogP contribution in [0.5, 0.6) is 0 Å². The minimum absolute atomic E-state index is 0.0987. The van der Waals surface area contributed by atoms with E-state index in [1.54, 1.807) is 0 Å². The molecule has 0 aromatic carbocycles. The molecular formula is C13H13N3O2S. The number of rotatable bonds is 4. The Hall–Kier alpha value is -1.69. The van der Waals surface area contributed by atoms with Gasteiger partial charge in [0.2, 0.25) is 5.91 Å². The Bertz CT molecular complexity index is 625. The first kappa shape index (κ1) is 11.2. The summed E-state index contributed by atoms with van der Waals surface area (Å²) < 4.78 is 5.31. The number of nitrogens with zero attached hydrogens (tertiary/aromatic N) is 2. The van der Waals surface area contributed by atoms with Crippen molar-refractivity contribution >= 4 is 22.9 Å². The molecule has 6 heteroatoms. The number of amides is 1. The van der Waals surface area contributed by atoms with Crippen molar-refractivity contribution in [2.24, 2.45) is 5.92 Å². The van der Waals surface area contributed by atoms with E-state index in [1.807, 2.05) is 11.4 Å². The van der Waals surface area contributed by atoms with E-state index in [9.17, 15) is 4.79 Å². The highest BCUT2D eigenvalue weighted by molar-refractivity contribution is 7.14.